The van der Waals surface area contributed by atoms with E-state index in [-0.39, 0.29) is 13.0 Å². The van der Waals surface area contributed by atoms with E-state index in [0.717, 1.165) is 5.56 Å². The maximum absolute atomic E-state index is 11.4. The minimum Gasteiger partial charge on any atom is -0.396 e. The molecule has 0 aliphatic heterocycles. The van der Waals surface area contributed by atoms with Crippen molar-refractivity contribution in [3.05, 3.63) is 35.9 Å². The Labute approximate surface area is 84.3 Å². The standard InChI is InChI=1S/C10H14O3S/c1-14(12,13)10(7-8-11)9-5-3-2-4-6-9/h2-6,10-11H,7-8H2,1H3. The van der Waals surface area contributed by atoms with E-state index in [1.807, 2.05) is 6.07 Å². The summed E-state index contributed by atoms with van der Waals surface area (Å²) >= 11 is 0. The summed E-state index contributed by atoms with van der Waals surface area (Å²) in [5, 5.41) is 8.21. The van der Waals surface area contributed by atoms with Gasteiger partial charge in [0, 0.05) is 12.9 Å². The summed E-state index contributed by atoms with van der Waals surface area (Å²) < 4.78 is 22.8. The zero-order chi connectivity index (χ0) is 10.6. The third kappa shape index (κ3) is 2.82. The molecule has 14 heavy (non-hydrogen) atoms. The van der Waals surface area contributed by atoms with Crippen LogP contribution in [0.25, 0.3) is 0 Å². The van der Waals surface area contributed by atoms with Gasteiger partial charge in [0.1, 0.15) is 0 Å². The molecule has 1 atom stereocenters. The highest BCUT2D eigenvalue weighted by Gasteiger charge is 2.21. The Hall–Kier alpha value is -0.870. The van der Waals surface area contributed by atoms with Crippen molar-refractivity contribution in [2.45, 2.75) is 11.7 Å². The fourth-order valence-electron chi connectivity index (χ4n) is 1.41. The fourth-order valence-corrected chi connectivity index (χ4v) is 2.60. The smallest absolute Gasteiger partial charge is 0.154 e. The van der Waals surface area contributed by atoms with E-state index in [1.165, 1.54) is 6.26 Å². The molecule has 3 nitrogen and oxygen atoms in total. The number of hydrogen-bond acceptors (Lipinski definition) is 3. The third-order valence-electron chi connectivity index (χ3n) is 2.08. The van der Waals surface area contributed by atoms with Crippen molar-refractivity contribution in [3.8, 4) is 0 Å². The molecule has 1 aromatic carbocycles. The van der Waals surface area contributed by atoms with E-state index < -0.39 is 15.1 Å². The Kier molecular flexibility index (Phi) is 3.66. The minimum absolute atomic E-state index is 0.118. The lowest BCUT2D eigenvalue weighted by Gasteiger charge is -2.13. The molecule has 0 aliphatic rings. The summed E-state index contributed by atoms with van der Waals surface area (Å²) in [4.78, 5) is 0. The maximum Gasteiger partial charge on any atom is 0.154 e. The van der Waals surface area contributed by atoms with E-state index in [1.54, 1.807) is 24.3 Å². The Bertz CT molecular complexity index is 370. The van der Waals surface area contributed by atoms with Crippen molar-refractivity contribution in [1.29, 1.82) is 0 Å². The lowest BCUT2D eigenvalue weighted by molar-refractivity contribution is 0.285. The monoisotopic (exact) mass is 214 g/mol. The summed E-state index contributed by atoms with van der Waals surface area (Å²) in [5.41, 5.74) is 0.740. The van der Waals surface area contributed by atoms with E-state index >= 15 is 0 Å². The number of hydrogen-bond donors (Lipinski definition) is 1. The molecule has 1 aromatic rings. The van der Waals surface area contributed by atoms with Crippen molar-refractivity contribution < 1.29 is 13.5 Å². The van der Waals surface area contributed by atoms with Gasteiger partial charge < -0.3 is 5.11 Å². The zero-order valence-electron chi connectivity index (χ0n) is 8.05. The molecule has 0 spiro atoms. The second kappa shape index (κ2) is 4.57. The largest absolute Gasteiger partial charge is 0.396 e. The molecule has 1 unspecified atom stereocenters. The van der Waals surface area contributed by atoms with Crippen LogP contribution in [0, 0.1) is 0 Å². The van der Waals surface area contributed by atoms with Crippen molar-refractivity contribution >= 4 is 9.84 Å². The lowest BCUT2D eigenvalue weighted by Crippen LogP contribution is -2.12. The van der Waals surface area contributed by atoms with Gasteiger partial charge in [0.15, 0.2) is 9.84 Å². The van der Waals surface area contributed by atoms with Crippen LogP contribution in [-0.4, -0.2) is 26.4 Å². The van der Waals surface area contributed by atoms with Gasteiger partial charge in [-0.2, -0.15) is 0 Å². The lowest BCUT2D eigenvalue weighted by atomic mass is 10.1. The van der Waals surface area contributed by atoms with Crippen LogP contribution in [0.2, 0.25) is 0 Å². The van der Waals surface area contributed by atoms with Gasteiger partial charge in [-0.3, -0.25) is 0 Å². The zero-order valence-corrected chi connectivity index (χ0v) is 8.87. The van der Waals surface area contributed by atoms with Gasteiger partial charge in [-0.15, -0.1) is 0 Å². The van der Waals surface area contributed by atoms with Crippen molar-refractivity contribution in [2.75, 3.05) is 12.9 Å². The first kappa shape index (κ1) is 11.2. The fraction of sp³-hybridized carbons (Fsp3) is 0.400. The van der Waals surface area contributed by atoms with E-state index in [9.17, 15) is 8.42 Å². The van der Waals surface area contributed by atoms with Gasteiger partial charge in [0.2, 0.25) is 0 Å². The molecule has 1 rings (SSSR count). The van der Waals surface area contributed by atoms with E-state index in [2.05, 4.69) is 0 Å². The summed E-state index contributed by atoms with van der Waals surface area (Å²) in [6.45, 7) is -0.118. The summed E-state index contributed by atoms with van der Waals surface area (Å²) in [5.74, 6) is 0. The normalized spacial score (nSPS) is 13.9. The molecule has 0 radical (unpaired) electrons. The number of aliphatic hydroxyl groups excluding tert-OH is 1. The van der Waals surface area contributed by atoms with Gasteiger partial charge >= 0.3 is 0 Å². The molecule has 0 heterocycles. The maximum atomic E-state index is 11.4. The van der Waals surface area contributed by atoms with Crippen molar-refractivity contribution in [2.24, 2.45) is 0 Å². The van der Waals surface area contributed by atoms with Gasteiger partial charge in [-0.05, 0) is 12.0 Å². The molecular formula is C10H14O3S. The van der Waals surface area contributed by atoms with Gasteiger partial charge in [-0.25, -0.2) is 8.42 Å². The molecule has 4 heteroatoms. The van der Waals surface area contributed by atoms with Crippen molar-refractivity contribution in [1.82, 2.24) is 0 Å². The average Bonchev–Trinajstić information content (AvgIpc) is 2.14. The van der Waals surface area contributed by atoms with Crippen LogP contribution in [0.5, 0.6) is 0 Å². The molecule has 1 N–H and O–H groups in total. The molecule has 0 saturated heterocycles. The minimum atomic E-state index is -3.14. The molecule has 0 amide bonds. The topological polar surface area (TPSA) is 54.4 Å². The molecule has 0 fully saturated rings. The van der Waals surface area contributed by atoms with E-state index in [0.29, 0.717) is 0 Å². The van der Waals surface area contributed by atoms with Crippen LogP contribution < -0.4 is 0 Å². The molecular weight excluding hydrogens is 200 g/mol. The number of aliphatic hydroxyl groups is 1. The highest BCUT2D eigenvalue weighted by Crippen LogP contribution is 2.24. The second-order valence-corrected chi connectivity index (χ2v) is 5.47. The summed E-state index contributed by atoms with van der Waals surface area (Å²) in [6, 6.07) is 8.96. The summed E-state index contributed by atoms with van der Waals surface area (Å²) in [7, 11) is -3.14. The van der Waals surface area contributed by atoms with Crippen molar-refractivity contribution in [3.63, 3.8) is 0 Å². The van der Waals surface area contributed by atoms with Gasteiger partial charge in [-0.1, -0.05) is 30.3 Å². The molecule has 0 aromatic heterocycles. The predicted molar refractivity (Wildman–Crippen MR) is 55.7 cm³/mol. The average molecular weight is 214 g/mol. The molecule has 0 bridgehead atoms. The highest BCUT2D eigenvalue weighted by molar-refractivity contribution is 7.90. The molecule has 0 aliphatic carbocycles. The number of rotatable bonds is 4. The Morgan fingerprint density at radius 1 is 1.29 bits per heavy atom. The van der Waals surface area contributed by atoms with Crippen LogP contribution in [0.4, 0.5) is 0 Å². The number of benzene rings is 1. The number of sulfone groups is 1. The van der Waals surface area contributed by atoms with Crippen LogP contribution in [0.3, 0.4) is 0 Å². The van der Waals surface area contributed by atoms with Gasteiger partial charge in [0.05, 0.1) is 5.25 Å². The van der Waals surface area contributed by atoms with Crippen LogP contribution in [-0.2, 0) is 9.84 Å². The third-order valence-corrected chi connectivity index (χ3v) is 3.62. The first-order valence-electron chi connectivity index (χ1n) is 4.40. The first-order valence-corrected chi connectivity index (χ1v) is 6.36. The quantitative estimate of drug-likeness (QED) is 0.818. The molecule has 0 saturated carbocycles. The second-order valence-electron chi connectivity index (χ2n) is 3.24. The Balaban J connectivity index is 3.02. The summed E-state index contributed by atoms with van der Waals surface area (Å²) in [6.07, 6.45) is 1.45. The highest BCUT2D eigenvalue weighted by atomic mass is 32.2. The van der Waals surface area contributed by atoms with Crippen LogP contribution in [0.1, 0.15) is 17.2 Å². The molecule has 78 valence electrons. The Morgan fingerprint density at radius 2 is 1.86 bits per heavy atom. The first-order chi connectivity index (χ1) is 6.55. The Morgan fingerprint density at radius 3 is 2.29 bits per heavy atom. The van der Waals surface area contributed by atoms with E-state index in [4.69, 9.17) is 5.11 Å². The van der Waals surface area contributed by atoms with Crippen LogP contribution in [0.15, 0.2) is 30.3 Å². The van der Waals surface area contributed by atoms with Crippen LogP contribution >= 0.6 is 0 Å². The van der Waals surface area contributed by atoms with Gasteiger partial charge in [0.25, 0.3) is 0 Å². The predicted octanol–water partition coefficient (Wildman–Crippen LogP) is 1.15. The SMILES string of the molecule is CS(=O)(=O)C(CCO)c1ccccc1.